The fourth-order valence-corrected chi connectivity index (χ4v) is 6.82. The van der Waals surface area contributed by atoms with Gasteiger partial charge < -0.3 is 24.6 Å². The van der Waals surface area contributed by atoms with Gasteiger partial charge in [0.15, 0.2) is 0 Å². The lowest BCUT2D eigenvalue weighted by Crippen LogP contribution is -2.29. The highest BCUT2D eigenvalue weighted by molar-refractivity contribution is 7.47. The van der Waals surface area contributed by atoms with Crippen LogP contribution in [0.5, 0.6) is 0 Å². The summed E-state index contributed by atoms with van der Waals surface area (Å²) in [7, 11) is -4.51. The number of aliphatic hydroxyl groups excluding tert-OH is 2. The highest BCUT2D eigenvalue weighted by atomic mass is 31.2. The SMILES string of the molecule is CCCCCCC/C=C\C/C=C\CCCCCCCCCCCCOCC(COP(=O)(O)OCC(O)CO)OC(=O)CCCCCCCCCCCC. The Kier molecular flexibility index (Phi) is 39.8. The molecule has 0 bridgehead atoms. The number of ether oxygens (including phenoxy) is 2. The van der Waals surface area contributed by atoms with Crippen molar-refractivity contribution in [3.8, 4) is 0 Å². The second-order valence-electron chi connectivity index (χ2n) is 14.7. The van der Waals surface area contributed by atoms with Gasteiger partial charge in [-0.05, 0) is 44.9 Å². The van der Waals surface area contributed by atoms with Gasteiger partial charge in [0.25, 0.3) is 0 Å². The van der Waals surface area contributed by atoms with E-state index < -0.39 is 33.2 Å². The maximum Gasteiger partial charge on any atom is 0.472 e. The van der Waals surface area contributed by atoms with Crippen LogP contribution in [0.25, 0.3) is 0 Å². The van der Waals surface area contributed by atoms with Crippen LogP contribution >= 0.6 is 7.82 Å². The molecule has 0 radical (unpaired) electrons. The van der Waals surface area contributed by atoms with Crippen molar-refractivity contribution in [2.75, 3.05) is 33.0 Å². The zero-order valence-corrected chi connectivity index (χ0v) is 35.1. The van der Waals surface area contributed by atoms with Gasteiger partial charge in [0.1, 0.15) is 12.2 Å². The van der Waals surface area contributed by atoms with Crippen molar-refractivity contribution in [2.45, 2.75) is 212 Å². The van der Waals surface area contributed by atoms with E-state index in [0.717, 1.165) is 44.9 Å². The van der Waals surface area contributed by atoms with Crippen LogP contribution in [0.4, 0.5) is 0 Å². The van der Waals surface area contributed by atoms with Gasteiger partial charge in [-0.15, -0.1) is 0 Å². The Bertz CT molecular complexity index is 882. The number of hydrogen-bond acceptors (Lipinski definition) is 8. The summed E-state index contributed by atoms with van der Waals surface area (Å²) in [5.74, 6) is -0.384. The smallest absolute Gasteiger partial charge is 0.457 e. The highest BCUT2D eigenvalue weighted by Crippen LogP contribution is 2.43. The number of rotatable bonds is 42. The van der Waals surface area contributed by atoms with E-state index in [1.54, 1.807) is 0 Å². The van der Waals surface area contributed by atoms with Gasteiger partial charge in [-0.25, -0.2) is 4.57 Å². The summed E-state index contributed by atoms with van der Waals surface area (Å²) in [6.07, 6.45) is 41.4. The summed E-state index contributed by atoms with van der Waals surface area (Å²) < 4.78 is 33.3. The topological polar surface area (TPSA) is 132 Å². The van der Waals surface area contributed by atoms with Gasteiger partial charge in [-0.2, -0.15) is 0 Å². The van der Waals surface area contributed by atoms with Crippen LogP contribution in [-0.4, -0.2) is 66.3 Å². The zero-order chi connectivity index (χ0) is 38.9. The molecule has 0 saturated carbocycles. The van der Waals surface area contributed by atoms with Crippen molar-refractivity contribution in [3.63, 3.8) is 0 Å². The highest BCUT2D eigenvalue weighted by Gasteiger charge is 2.26. The first-order valence-corrected chi connectivity index (χ1v) is 23.3. The summed E-state index contributed by atoms with van der Waals surface area (Å²) in [6, 6.07) is 0. The Balaban J connectivity index is 4.05. The maximum absolute atomic E-state index is 12.5. The molecule has 9 nitrogen and oxygen atoms in total. The van der Waals surface area contributed by atoms with Crippen LogP contribution in [0.2, 0.25) is 0 Å². The third-order valence-corrected chi connectivity index (χ3v) is 10.3. The lowest BCUT2D eigenvalue weighted by atomic mass is 10.1. The molecule has 0 aliphatic heterocycles. The minimum Gasteiger partial charge on any atom is -0.457 e. The molecule has 10 heteroatoms. The van der Waals surface area contributed by atoms with Crippen molar-refractivity contribution < 1.29 is 43.0 Å². The molecule has 0 spiro atoms. The van der Waals surface area contributed by atoms with E-state index >= 15 is 0 Å². The molecule has 0 aliphatic carbocycles. The molecule has 0 aromatic rings. The number of unbranched alkanes of at least 4 members (excludes halogenated alkanes) is 24. The third kappa shape index (κ3) is 40.4. The van der Waals surface area contributed by atoms with Crippen molar-refractivity contribution >= 4 is 13.8 Å². The predicted molar refractivity (Wildman–Crippen MR) is 219 cm³/mol. The van der Waals surface area contributed by atoms with Crippen molar-refractivity contribution in [1.29, 1.82) is 0 Å². The molecule has 0 amide bonds. The quantitative estimate of drug-likeness (QED) is 0.0240. The van der Waals surface area contributed by atoms with Crippen LogP contribution in [0.1, 0.15) is 200 Å². The molecular weight excluding hydrogens is 691 g/mol. The summed E-state index contributed by atoms with van der Waals surface area (Å²) in [5, 5.41) is 18.3. The molecular formula is C43H83O9P. The summed E-state index contributed by atoms with van der Waals surface area (Å²) in [4.78, 5) is 22.5. The van der Waals surface area contributed by atoms with Crippen LogP contribution in [0, 0.1) is 0 Å². The molecule has 0 aromatic heterocycles. The number of carbonyl (C=O) groups excluding carboxylic acids is 1. The minimum absolute atomic E-state index is 0.0507. The number of allylic oxidation sites excluding steroid dienone is 4. The third-order valence-electron chi connectivity index (χ3n) is 9.39. The summed E-state index contributed by atoms with van der Waals surface area (Å²) >= 11 is 0. The number of phosphoric acid groups is 1. The second-order valence-corrected chi connectivity index (χ2v) is 16.2. The molecule has 3 unspecified atom stereocenters. The standard InChI is InChI=1S/C43H83O9P/c1-3-5-7-9-11-13-15-16-17-18-19-20-21-22-23-24-25-26-28-30-32-34-36-49-39-42(40-51-53(47,48)50-38-41(45)37-44)52-43(46)35-33-31-29-27-14-12-10-8-6-4-2/h15-16,18-19,41-42,44-45H,3-14,17,20-40H2,1-2H3,(H,47,48)/b16-15-,19-18-. The molecule has 0 heterocycles. The van der Waals surface area contributed by atoms with E-state index in [-0.39, 0.29) is 25.6 Å². The number of aliphatic hydroxyl groups is 2. The summed E-state index contributed by atoms with van der Waals surface area (Å²) in [5.41, 5.74) is 0. The average molecular weight is 775 g/mol. The number of carbonyl (C=O) groups is 1. The molecule has 0 aromatic carbocycles. The van der Waals surface area contributed by atoms with Crippen molar-refractivity contribution in [3.05, 3.63) is 24.3 Å². The van der Waals surface area contributed by atoms with Crippen LogP contribution < -0.4 is 0 Å². The van der Waals surface area contributed by atoms with Crippen LogP contribution in [0.15, 0.2) is 24.3 Å². The number of phosphoric ester groups is 1. The Morgan fingerprint density at radius 2 is 1.02 bits per heavy atom. The van der Waals surface area contributed by atoms with E-state index in [0.29, 0.717) is 6.61 Å². The van der Waals surface area contributed by atoms with Gasteiger partial charge in [0.2, 0.25) is 0 Å². The monoisotopic (exact) mass is 775 g/mol. The van der Waals surface area contributed by atoms with E-state index in [2.05, 4.69) is 38.2 Å². The fraction of sp³-hybridized carbons (Fsp3) is 0.884. The minimum atomic E-state index is -4.51. The molecule has 0 aliphatic rings. The molecule has 0 fully saturated rings. The molecule has 314 valence electrons. The second kappa shape index (κ2) is 40.6. The fourth-order valence-electron chi connectivity index (χ4n) is 6.03. The Labute approximate surface area is 325 Å². The van der Waals surface area contributed by atoms with Gasteiger partial charge in [-0.1, -0.05) is 173 Å². The van der Waals surface area contributed by atoms with E-state index in [1.807, 2.05) is 0 Å². The first-order chi connectivity index (χ1) is 25.8. The normalized spacial score (nSPS) is 14.3. The number of esters is 1. The van der Waals surface area contributed by atoms with Gasteiger partial charge in [0, 0.05) is 13.0 Å². The molecule has 53 heavy (non-hydrogen) atoms. The van der Waals surface area contributed by atoms with E-state index in [4.69, 9.17) is 23.6 Å². The Hall–Kier alpha value is -1.06. The van der Waals surface area contributed by atoms with E-state index in [1.165, 1.54) is 135 Å². The first kappa shape index (κ1) is 51.9. The zero-order valence-electron chi connectivity index (χ0n) is 34.2. The first-order valence-electron chi connectivity index (χ1n) is 21.8. The predicted octanol–water partition coefficient (Wildman–Crippen LogP) is 11.9. The Morgan fingerprint density at radius 1 is 0.585 bits per heavy atom. The van der Waals surface area contributed by atoms with Gasteiger partial charge in [-0.3, -0.25) is 13.8 Å². The summed E-state index contributed by atoms with van der Waals surface area (Å²) in [6.45, 7) is 3.50. The lowest BCUT2D eigenvalue weighted by Gasteiger charge is -2.20. The Morgan fingerprint density at radius 3 is 1.51 bits per heavy atom. The lowest BCUT2D eigenvalue weighted by molar-refractivity contribution is -0.154. The number of hydrogen-bond donors (Lipinski definition) is 3. The van der Waals surface area contributed by atoms with Crippen molar-refractivity contribution in [1.82, 2.24) is 0 Å². The molecule has 3 N–H and O–H groups in total. The van der Waals surface area contributed by atoms with Gasteiger partial charge >= 0.3 is 13.8 Å². The molecule has 0 rings (SSSR count). The van der Waals surface area contributed by atoms with Crippen LogP contribution in [0.3, 0.4) is 0 Å². The largest absolute Gasteiger partial charge is 0.472 e. The maximum atomic E-state index is 12.5. The van der Waals surface area contributed by atoms with Crippen molar-refractivity contribution in [2.24, 2.45) is 0 Å². The van der Waals surface area contributed by atoms with Gasteiger partial charge in [0.05, 0.1) is 26.4 Å². The average Bonchev–Trinajstić information content (AvgIpc) is 3.15. The molecule has 3 atom stereocenters. The van der Waals surface area contributed by atoms with E-state index in [9.17, 15) is 19.4 Å². The molecule has 0 saturated heterocycles. The van der Waals surface area contributed by atoms with Crippen LogP contribution in [-0.2, 0) is 27.9 Å².